The van der Waals surface area contributed by atoms with Crippen LogP contribution in [-0.4, -0.2) is 34.3 Å². The molecular formula is C11H16N2O4. The van der Waals surface area contributed by atoms with E-state index in [1.807, 2.05) is 6.92 Å². The van der Waals surface area contributed by atoms with Crippen LogP contribution in [0.25, 0.3) is 0 Å². The van der Waals surface area contributed by atoms with Crippen LogP contribution in [0, 0.1) is 10.1 Å². The lowest BCUT2D eigenvalue weighted by molar-refractivity contribution is -0.384. The zero-order chi connectivity index (χ0) is 12.8. The molecule has 0 fully saturated rings. The SMILES string of the molecule is CCN[C@@H](CO)[C@@H](O)c1ccc([N+](=O)[O-])cc1. The van der Waals surface area contributed by atoms with Crippen molar-refractivity contribution in [3.63, 3.8) is 0 Å². The maximum Gasteiger partial charge on any atom is 0.269 e. The number of nitro groups is 1. The summed E-state index contributed by atoms with van der Waals surface area (Å²) in [6, 6.07) is 5.17. The molecule has 0 amide bonds. The first-order valence-corrected chi connectivity index (χ1v) is 5.36. The van der Waals surface area contributed by atoms with Gasteiger partial charge in [-0.25, -0.2) is 0 Å². The van der Waals surface area contributed by atoms with Gasteiger partial charge in [0, 0.05) is 12.1 Å². The third kappa shape index (κ3) is 3.48. The number of hydrogen-bond acceptors (Lipinski definition) is 5. The average molecular weight is 240 g/mol. The van der Waals surface area contributed by atoms with Crippen molar-refractivity contribution in [1.82, 2.24) is 5.32 Å². The van der Waals surface area contributed by atoms with Crippen LogP contribution in [0.15, 0.2) is 24.3 Å². The van der Waals surface area contributed by atoms with Gasteiger partial charge in [-0.05, 0) is 24.2 Å². The molecule has 0 aliphatic carbocycles. The topological polar surface area (TPSA) is 95.6 Å². The summed E-state index contributed by atoms with van der Waals surface area (Å²) in [5.74, 6) is 0. The molecule has 0 aromatic heterocycles. The Morgan fingerprint density at radius 2 is 2.00 bits per heavy atom. The number of nitrogens with one attached hydrogen (secondary N) is 1. The third-order valence-electron chi connectivity index (χ3n) is 2.49. The highest BCUT2D eigenvalue weighted by molar-refractivity contribution is 5.34. The molecule has 0 unspecified atom stereocenters. The highest BCUT2D eigenvalue weighted by Crippen LogP contribution is 2.20. The van der Waals surface area contributed by atoms with Crippen molar-refractivity contribution in [3.8, 4) is 0 Å². The molecule has 0 bridgehead atoms. The highest BCUT2D eigenvalue weighted by Gasteiger charge is 2.19. The monoisotopic (exact) mass is 240 g/mol. The Hall–Kier alpha value is -1.50. The fourth-order valence-electron chi connectivity index (χ4n) is 1.56. The normalized spacial score (nSPS) is 14.3. The van der Waals surface area contributed by atoms with Gasteiger partial charge < -0.3 is 15.5 Å². The smallest absolute Gasteiger partial charge is 0.269 e. The fraction of sp³-hybridized carbons (Fsp3) is 0.455. The molecule has 1 aromatic carbocycles. The molecule has 1 rings (SSSR count). The van der Waals surface area contributed by atoms with Crippen LogP contribution < -0.4 is 5.32 Å². The van der Waals surface area contributed by atoms with Gasteiger partial charge in [-0.3, -0.25) is 10.1 Å². The Labute approximate surface area is 99.0 Å². The summed E-state index contributed by atoms with van der Waals surface area (Å²) in [6.07, 6.45) is -0.888. The van der Waals surface area contributed by atoms with Crippen LogP contribution in [0.2, 0.25) is 0 Å². The van der Waals surface area contributed by atoms with Crippen molar-refractivity contribution in [2.75, 3.05) is 13.2 Å². The lowest BCUT2D eigenvalue weighted by Gasteiger charge is -2.21. The molecule has 0 saturated carbocycles. The minimum absolute atomic E-state index is 0.0232. The molecule has 2 atom stereocenters. The van der Waals surface area contributed by atoms with Gasteiger partial charge in [-0.15, -0.1) is 0 Å². The summed E-state index contributed by atoms with van der Waals surface area (Å²) in [5, 5.41) is 32.4. The zero-order valence-electron chi connectivity index (χ0n) is 9.54. The number of rotatable bonds is 6. The zero-order valence-corrected chi connectivity index (χ0v) is 9.54. The molecule has 0 radical (unpaired) electrons. The Bertz CT molecular complexity index is 366. The molecule has 6 heteroatoms. The first-order chi connectivity index (χ1) is 8.10. The van der Waals surface area contributed by atoms with E-state index in [-0.39, 0.29) is 12.3 Å². The number of nitrogens with zero attached hydrogens (tertiary/aromatic N) is 1. The minimum Gasteiger partial charge on any atom is -0.395 e. The first-order valence-electron chi connectivity index (χ1n) is 5.36. The maximum atomic E-state index is 10.5. The first kappa shape index (κ1) is 13.6. The molecule has 0 aliphatic rings. The van der Waals surface area contributed by atoms with Gasteiger partial charge in [-0.2, -0.15) is 0 Å². The van der Waals surface area contributed by atoms with E-state index in [1.165, 1.54) is 24.3 Å². The maximum absolute atomic E-state index is 10.5. The van der Waals surface area contributed by atoms with Crippen LogP contribution in [-0.2, 0) is 0 Å². The predicted molar refractivity (Wildman–Crippen MR) is 62.6 cm³/mol. The van der Waals surface area contributed by atoms with Crippen molar-refractivity contribution in [1.29, 1.82) is 0 Å². The number of aliphatic hydroxyl groups excluding tert-OH is 2. The van der Waals surface area contributed by atoms with E-state index in [2.05, 4.69) is 5.32 Å². The van der Waals surface area contributed by atoms with E-state index in [0.717, 1.165) is 0 Å². The van der Waals surface area contributed by atoms with Crippen LogP contribution in [0.1, 0.15) is 18.6 Å². The van der Waals surface area contributed by atoms with Gasteiger partial charge in [0.2, 0.25) is 0 Å². The van der Waals surface area contributed by atoms with E-state index in [0.29, 0.717) is 12.1 Å². The number of nitro benzene ring substituents is 1. The van der Waals surface area contributed by atoms with Gasteiger partial charge in [-0.1, -0.05) is 6.92 Å². The Balaban J connectivity index is 2.81. The number of aliphatic hydroxyl groups is 2. The molecule has 0 saturated heterocycles. The molecular weight excluding hydrogens is 224 g/mol. The van der Waals surface area contributed by atoms with Gasteiger partial charge >= 0.3 is 0 Å². The van der Waals surface area contributed by atoms with E-state index in [9.17, 15) is 15.2 Å². The summed E-state index contributed by atoms with van der Waals surface area (Å²) in [5.41, 5.74) is 0.514. The van der Waals surface area contributed by atoms with Gasteiger partial charge in [0.25, 0.3) is 5.69 Å². The van der Waals surface area contributed by atoms with Crippen LogP contribution >= 0.6 is 0 Å². The summed E-state index contributed by atoms with van der Waals surface area (Å²) >= 11 is 0. The molecule has 0 aliphatic heterocycles. The fourth-order valence-corrected chi connectivity index (χ4v) is 1.56. The van der Waals surface area contributed by atoms with Crippen LogP contribution in [0.4, 0.5) is 5.69 Å². The second-order valence-electron chi connectivity index (χ2n) is 3.64. The predicted octanol–water partition coefficient (Wildman–Crippen LogP) is 0.599. The minimum atomic E-state index is -0.888. The Morgan fingerprint density at radius 3 is 2.41 bits per heavy atom. The molecule has 1 aromatic rings. The highest BCUT2D eigenvalue weighted by atomic mass is 16.6. The molecule has 0 spiro atoms. The lowest BCUT2D eigenvalue weighted by Crippen LogP contribution is -2.37. The third-order valence-corrected chi connectivity index (χ3v) is 2.49. The quantitative estimate of drug-likeness (QED) is 0.500. The number of benzene rings is 1. The largest absolute Gasteiger partial charge is 0.395 e. The summed E-state index contributed by atoms with van der Waals surface area (Å²) in [7, 11) is 0. The summed E-state index contributed by atoms with van der Waals surface area (Å²) in [4.78, 5) is 9.97. The van der Waals surface area contributed by atoms with Crippen molar-refractivity contribution in [2.45, 2.75) is 19.1 Å². The second kappa shape index (κ2) is 6.29. The van der Waals surface area contributed by atoms with E-state index >= 15 is 0 Å². The van der Waals surface area contributed by atoms with Crippen molar-refractivity contribution >= 4 is 5.69 Å². The summed E-state index contributed by atoms with van der Waals surface area (Å²) < 4.78 is 0. The molecule has 3 N–H and O–H groups in total. The number of hydrogen-bond donors (Lipinski definition) is 3. The molecule has 17 heavy (non-hydrogen) atoms. The number of non-ortho nitro benzene ring substituents is 1. The van der Waals surface area contributed by atoms with Crippen molar-refractivity contribution < 1.29 is 15.1 Å². The Kier molecular flexibility index (Phi) is 5.02. The van der Waals surface area contributed by atoms with E-state index in [1.54, 1.807) is 0 Å². The van der Waals surface area contributed by atoms with Crippen LogP contribution in [0.3, 0.4) is 0 Å². The van der Waals surface area contributed by atoms with E-state index < -0.39 is 17.1 Å². The number of likely N-dealkylation sites (N-methyl/N-ethyl adjacent to an activating group) is 1. The van der Waals surface area contributed by atoms with Gasteiger partial charge in [0.1, 0.15) is 0 Å². The molecule has 0 heterocycles. The van der Waals surface area contributed by atoms with Crippen LogP contribution in [0.5, 0.6) is 0 Å². The van der Waals surface area contributed by atoms with Crippen molar-refractivity contribution in [2.24, 2.45) is 0 Å². The average Bonchev–Trinajstić information content (AvgIpc) is 2.35. The van der Waals surface area contributed by atoms with E-state index in [4.69, 9.17) is 5.11 Å². The van der Waals surface area contributed by atoms with Gasteiger partial charge in [0.15, 0.2) is 0 Å². The standard InChI is InChI=1S/C11H16N2O4/c1-2-12-10(7-14)11(15)8-3-5-9(6-4-8)13(16)17/h3-6,10-12,14-15H,2,7H2,1H3/t10-,11-/m0/s1. The second-order valence-corrected chi connectivity index (χ2v) is 3.64. The lowest BCUT2D eigenvalue weighted by atomic mass is 10.0. The Morgan fingerprint density at radius 1 is 1.41 bits per heavy atom. The molecule has 94 valence electrons. The summed E-state index contributed by atoms with van der Waals surface area (Å²) in [6.45, 7) is 2.28. The van der Waals surface area contributed by atoms with Gasteiger partial charge in [0.05, 0.1) is 23.7 Å². The van der Waals surface area contributed by atoms with Crippen molar-refractivity contribution in [3.05, 3.63) is 39.9 Å². The molecule has 6 nitrogen and oxygen atoms in total.